The van der Waals surface area contributed by atoms with Crippen LogP contribution in [0.25, 0.3) is 0 Å². The number of esters is 1. The number of benzene rings is 2. The van der Waals surface area contributed by atoms with E-state index in [1.165, 1.54) is 31.2 Å². The van der Waals surface area contributed by atoms with E-state index >= 15 is 0 Å². The first-order chi connectivity index (χ1) is 12.8. The van der Waals surface area contributed by atoms with Gasteiger partial charge in [-0.3, -0.25) is 9.69 Å². The molecule has 2 aliphatic rings. The maximum Gasteiger partial charge on any atom is 0.323 e. The average Bonchev–Trinajstić information content (AvgIpc) is 3.06. The molecule has 4 rings (SSSR count). The fraction of sp³-hybridized carbons (Fsp3) is 0.435. The van der Waals surface area contributed by atoms with E-state index in [-0.39, 0.29) is 12.0 Å². The Morgan fingerprint density at radius 1 is 0.923 bits per heavy atom. The van der Waals surface area contributed by atoms with E-state index in [2.05, 4.69) is 29.2 Å². The molecular weight excluding hydrogens is 322 g/mol. The molecule has 0 radical (unpaired) electrons. The summed E-state index contributed by atoms with van der Waals surface area (Å²) in [6, 6.07) is 20.9. The highest BCUT2D eigenvalue weighted by molar-refractivity contribution is 5.76. The quantitative estimate of drug-likeness (QED) is 0.741. The number of nitrogens with zero attached hydrogens (tertiary/aromatic N) is 1. The molecule has 0 aromatic heterocycles. The minimum atomic E-state index is -0.105. The Morgan fingerprint density at radius 3 is 2.31 bits per heavy atom. The summed E-state index contributed by atoms with van der Waals surface area (Å²) in [5, 5.41) is 0. The summed E-state index contributed by atoms with van der Waals surface area (Å²) in [7, 11) is 0. The molecule has 1 heterocycles. The lowest BCUT2D eigenvalue weighted by Crippen LogP contribution is -2.42. The first kappa shape index (κ1) is 17.3. The lowest BCUT2D eigenvalue weighted by atomic mass is 9.84. The van der Waals surface area contributed by atoms with Crippen molar-refractivity contribution in [1.29, 1.82) is 0 Å². The monoisotopic (exact) mass is 349 g/mol. The van der Waals surface area contributed by atoms with Gasteiger partial charge in [-0.1, -0.05) is 73.5 Å². The van der Waals surface area contributed by atoms with Gasteiger partial charge < -0.3 is 4.74 Å². The second kappa shape index (κ2) is 8.05. The van der Waals surface area contributed by atoms with Crippen LogP contribution in [0.2, 0.25) is 0 Å². The van der Waals surface area contributed by atoms with Crippen LogP contribution in [0, 0.1) is 5.92 Å². The van der Waals surface area contributed by atoms with Crippen molar-refractivity contribution in [3.63, 3.8) is 0 Å². The van der Waals surface area contributed by atoms with Crippen molar-refractivity contribution < 1.29 is 9.53 Å². The van der Waals surface area contributed by atoms with E-state index < -0.39 is 0 Å². The molecule has 0 N–H and O–H groups in total. The van der Waals surface area contributed by atoms with Crippen molar-refractivity contribution in [2.24, 2.45) is 5.92 Å². The zero-order valence-corrected chi connectivity index (χ0v) is 15.2. The van der Waals surface area contributed by atoms with Crippen LogP contribution in [0.5, 0.6) is 0 Å². The van der Waals surface area contributed by atoms with E-state index in [4.69, 9.17) is 4.74 Å². The van der Waals surface area contributed by atoms with Gasteiger partial charge in [0.15, 0.2) is 0 Å². The van der Waals surface area contributed by atoms with E-state index in [0.29, 0.717) is 18.6 Å². The van der Waals surface area contributed by atoms with Crippen LogP contribution in [-0.2, 0) is 22.7 Å². The topological polar surface area (TPSA) is 29.5 Å². The van der Waals surface area contributed by atoms with Crippen LogP contribution >= 0.6 is 0 Å². The summed E-state index contributed by atoms with van der Waals surface area (Å²) in [4.78, 5) is 15.3. The Labute approximate surface area is 156 Å². The van der Waals surface area contributed by atoms with Gasteiger partial charge in [0.05, 0.1) is 0 Å². The number of carbonyl (C=O) groups is 1. The summed E-state index contributed by atoms with van der Waals surface area (Å²) in [5.41, 5.74) is 2.32. The highest BCUT2D eigenvalue weighted by Gasteiger charge is 2.45. The smallest absolute Gasteiger partial charge is 0.323 e. The molecule has 0 spiro atoms. The largest absolute Gasteiger partial charge is 0.460 e. The predicted octanol–water partition coefficient (Wildman–Crippen LogP) is 4.56. The number of rotatable bonds is 5. The molecule has 2 aromatic carbocycles. The van der Waals surface area contributed by atoms with E-state index in [1.54, 1.807) is 0 Å². The van der Waals surface area contributed by atoms with Gasteiger partial charge in [-0.2, -0.15) is 0 Å². The second-order valence-electron chi connectivity index (χ2n) is 7.61. The van der Waals surface area contributed by atoms with Crippen molar-refractivity contribution in [3.8, 4) is 0 Å². The van der Waals surface area contributed by atoms with Crippen LogP contribution in [0.3, 0.4) is 0 Å². The van der Waals surface area contributed by atoms with Crippen LogP contribution in [-0.4, -0.2) is 23.0 Å². The number of ether oxygens (including phenoxy) is 1. The summed E-state index contributed by atoms with van der Waals surface area (Å²) in [6.07, 6.45) is 5.98. The third-order valence-corrected chi connectivity index (χ3v) is 5.93. The zero-order valence-electron chi connectivity index (χ0n) is 15.2. The van der Waals surface area contributed by atoms with Gasteiger partial charge in [0.2, 0.25) is 0 Å². The van der Waals surface area contributed by atoms with Crippen LogP contribution in [0.4, 0.5) is 0 Å². The second-order valence-corrected chi connectivity index (χ2v) is 7.61. The molecule has 3 nitrogen and oxygen atoms in total. The minimum absolute atomic E-state index is 0.0563. The third-order valence-electron chi connectivity index (χ3n) is 5.93. The number of likely N-dealkylation sites (tertiary alicyclic amines) is 1. The molecule has 0 amide bonds. The first-order valence-electron chi connectivity index (χ1n) is 9.81. The van der Waals surface area contributed by atoms with Crippen LogP contribution in [0.15, 0.2) is 60.7 Å². The SMILES string of the molecule is O=C(OCc1ccccc1)[C@@H]1C[C@@H]2CCCC[C@@H]2N1Cc1ccccc1. The van der Waals surface area contributed by atoms with E-state index in [1.807, 2.05) is 36.4 Å². The molecule has 0 unspecified atom stereocenters. The van der Waals surface area contributed by atoms with Gasteiger partial charge in [-0.05, 0) is 36.3 Å². The standard InChI is InChI=1S/C23H27NO2/c25-23(26-17-19-11-5-2-6-12-19)22-15-20-13-7-8-14-21(20)24(22)16-18-9-3-1-4-10-18/h1-6,9-12,20-22H,7-8,13-17H2/t20-,21-,22-/m0/s1. The van der Waals surface area contributed by atoms with Gasteiger partial charge >= 0.3 is 5.97 Å². The predicted molar refractivity (Wildman–Crippen MR) is 102 cm³/mol. The molecule has 26 heavy (non-hydrogen) atoms. The Balaban J connectivity index is 1.47. The van der Waals surface area contributed by atoms with Gasteiger partial charge in [-0.25, -0.2) is 0 Å². The lowest BCUT2D eigenvalue weighted by molar-refractivity contribution is -0.151. The molecule has 1 aliphatic carbocycles. The molecule has 2 aromatic rings. The Bertz CT molecular complexity index is 716. The fourth-order valence-electron chi connectivity index (χ4n) is 4.63. The minimum Gasteiger partial charge on any atom is -0.460 e. The van der Waals surface area contributed by atoms with Gasteiger partial charge in [-0.15, -0.1) is 0 Å². The third kappa shape index (κ3) is 3.83. The van der Waals surface area contributed by atoms with Crippen molar-refractivity contribution >= 4 is 5.97 Å². The van der Waals surface area contributed by atoms with Crippen LogP contribution in [0.1, 0.15) is 43.2 Å². The molecule has 1 saturated carbocycles. The van der Waals surface area contributed by atoms with Crippen LogP contribution < -0.4 is 0 Å². The number of hydrogen-bond donors (Lipinski definition) is 0. The van der Waals surface area contributed by atoms with Crippen molar-refractivity contribution in [1.82, 2.24) is 4.90 Å². The number of fused-ring (bicyclic) bond motifs is 1. The zero-order chi connectivity index (χ0) is 17.8. The van der Waals surface area contributed by atoms with Gasteiger partial charge in [0, 0.05) is 12.6 Å². The normalized spacial score (nSPS) is 25.6. The Kier molecular flexibility index (Phi) is 5.35. The number of hydrogen-bond acceptors (Lipinski definition) is 3. The highest BCUT2D eigenvalue weighted by Crippen LogP contribution is 2.40. The van der Waals surface area contributed by atoms with Crippen molar-refractivity contribution in [2.75, 3.05) is 0 Å². The molecule has 2 fully saturated rings. The molecule has 3 heteroatoms. The summed E-state index contributed by atoms with van der Waals surface area (Å²) in [6.45, 7) is 1.21. The molecule has 0 bridgehead atoms. The fourth-order valence-corrected chi connectivity index (χ4v) is 4.63. The average molecular weight is 349 g/mol. The van der Waals surface area contributed by atoms with Crippen molar-refractivity contribution in [2.45, 2.75) is 57.3 Å². The highest BCUT2D eigenvalue weighted by atomic mass is 16.5. The van der Waals surface area contributed by atoms with E-state index in [9.17, 15) is 4.79 Å². The Hall–Kier alpha value is -2.13. The molecule has 3 atom stereocenters. The maximum absolute atomic E-state index is 12.9. The number of carbonyl (C=O) groups excluding carboxylic acids is 1. The van der Waals surface area contributed by atoms with E-state index in [0.717, 1.165) is 18.5 Å². The summed E-state index contributed by atoms with van der Waals surface area (Å²) in [5.74, 6) is 0.584. The Morgan fingerprint density at radius 2 is 1.58 bits per heavy atom. The molecule has 136 valence electrons. The lowest BCUT2D eigenvalue weighted by Gasteiger charge is -2.33. The molecule has 1 saturated heterocycles. The molecular formula is C23H27NO2. The first-order valence-corrected chi connectivity index (χ1v) is 9.81. The van der Waals surface area contributed by atoms with Crippen molar-refractivity contribution in [3.05, 3.63) is 71.8 Å². The summed E-state index contributed by atoms with van der Waals surface area (Å²) >= 11 is 0. The maximum atomic E-state index is 12.9. The van der Waals surface area contributed by atoms with Gasteiger partial charge in [0.1, 0.15) is 12.6 Å². The molecule has 1 aliphatic heterocycles. The van der Waals surface area contributed by atoms with Gasteiger partial charge in [0.25, 0.3) is 0 Å². The summed E-state index contributed by atoms with van der Waals surface area (Å²) < 4.78 is 5.71.